The van der Waals surface area contributed by atoms with Crippen LogP contribution in [0.5, 0.6) is 0 Å². The number of anilines is 1. The molecule has 1 aliphatic carbocycles. The summed E-state index contributed by atoms with van der Waals surface area (Å²) in [7, 11) is 1.73. The molecule has 0 aliphatic heterocycles. The van der Waals surface area contributed by atoms with Crippen molar-refractivity contribution in [3.63, 3.8) is 0 Å². The molecule has 0 heterocycles. The quantitative estimate of drug-likeness (QED) is 0.859. The highest BCUT2D eigenvalue weighted by molar-refractivity contribution is 5.93. The van der Waals surface area contributed by atoms with Gasteiger partial charge in [-0.1, -0.05) is 31.2 Å². The molecule has 1 amide bonds. The second-order valence-corrected chi connectivity index (χ2v) is 5.61. The summed E-state index contributed by atoms with van der Waals surface area (Å²) in [5.41, 5.74) is 0.691. The Bertz CT molecular complexity index is 524. The number of rotatable bonds is 3. The summed E-state index contributed by atoms with van der Waals surface area (Å²) < 4.78 is 0. The molecule has 0 bridgehead atoms. The summed E-state index contributed by atoms with van der Waals surface area (Å²) in [5.74, 6) is 2.50. The van der Waals surface area contributed by atoms with E-state index in [1.807, 2.05) is 24.3 Å². The normalized spacial score (nSPS) is 17.2. The maximum absolute atomic E-state index is 12.3. The van der Waals surface area contributed by atoms with Crippen LogP contribution in [0.4, 0.5) is 5.69 Å². The molecular weight excluding hydrogens is 250 g/mol. The van der Waals surface area contributed by atoms with E-state index in [1.54, 1.807) is 11.9 Å². The van der Waals surface area contributed by atoms with Gasteiger partial charge in [0, 0.05) is 18.3 Å². The van der Waals surface area contributed by atoms with Crippen LogP contribution >= 0.6 is 0 Å². The average molecular weight is 271 g/mol. The van der Waals surface area contributed by atoms with Crippen molar-refractivity contribution in [1.29, 1.82) is 0 Å². The van der Waals surface area contributed by atoms with Crippen LogP contribution in [0.25, 0.3) is 0 Å². The summed E-state index contributed by atoms with van der Waals surface area (Å²) in [5, 5.41) is 10.5. The van der Waals surface area contributed by atoms with E-state index in [1.165, 1.54) is 0 Å². The van der Waals surface area contributed by atoms with Gasteiger partial charge in [-0.15, -0.1) is 6.42 Å². The van der Waals surface area contributed by atoms with Gasteiger partial charge in [0.15, 0.2) is 0 Å². The lowest BCUT2D eigenvalue weighted by molar-refractivity contribution is -0.124. The van der Waals surface area contributed by atoms with Gasteiger partial charge in [-0.2, -0.15) is 0 Å². The summed E-state index contributed by atoms with van der Waals surface area (Å²) in [6.07, 6.45) is 10.1. The zero-order valence-corrected chi connectivity index (χ0v) is 11.9. The van der Waals surface area contributed by atoms with E-state index in [0.717, 1.165) is 43.4 Å². The minimum Gasteiger partial charge on any atom is -0.389 e. The van der Waals surface area contributed by atoms with Crippen LogP contribution < -0.4 is 4.90 Å². The molecule has 1 saturated carbocycles. The van der Waals surface area contributed by atoms with Crippen LogP contribution in [0.2, 0.25) is 0 Å². The maximum Gasteiger partial charge on any atom is 0.229 e. The molecule has 3 nitrogen and oxygen atoms in total. The van der Waals surface area contributed by atoms with Crippen LogP contribution in [0, 0.1) is 12.3 Å². The molecule has 20 heavy (non-hydrogen) atoms. The van der Waals surface area contributed by atoms with Crippen LogP contribution in [-0.4, -0.2) is 23.7 Å². The van der Waals surface area contributed by atoms with Gasteiger partial charge in [-0.05, 0) is 31.0 Å². The zero-order chi connectivity index (χ0) is 14.6. The molecule has 0 saturated heterocycles. The highest BCUT2D eigenvalue weighted by atomic mass is 16.3. The third-order valence-corrected chi connectivity index (χ3v) is 4.04. The first-order valence-electron chi connectivity index (χ1n) is 7.10. The van der Waals surface area contributed by atoms with Gasteiger partial charge in [0.25, 0.3) is 0 Å². The van der Waals surface area contributed by atoms with Crippen molar-refractivity contribution < 1.29 is 9.90 Å². The Balaban J connectivity index is 2.06. The molecule has 3 heteroatoms. The van der Waals surface area contributed by atoms with Crippen LogP contribution in [0.3, 0.4) is 0 Å². The molecule has 0 aromatic heterocycles. The van der Waals surface area contributed by atoms with E-state index in [2.05, 4.69) is 5.92 Å². The molecule has 2 rings (SSSR count). The minimum atomic E-state index is -0.826. The number of carbonyl (C=O) groups is 1. The Morgan fingerprint density at radius 3 is 2.75 bits per heavy atom. The molecule has 1 aromatic rings. The van der Waals surface area contributed by atoms with E-state index >= 15 is 0 Å². The average Bonchev–Trinajstić information content (AvgIpc) is 2.46. The van der Waals surface area contributed by atoms with Crippen molar-refractivity contribution in [1.82, 2.24) is 0 Å². The van der Waals surface area contributed by atoms with Crippen molar-refractivity contribution >= 4 is 11.6 Å². The van der Waals surface area contributed by atoms with Gasteiger partial charge in [0.1, 0.15) is 0 Å². The number of amides is 1. The Kier molecular flexibility index (Phi) is 4.46. The Hall–Kier alpha value is -1.79. The number of carbonyl (C=O) groups excluding carboxylic acids is 1. The highest BCUT2D eigenvalue weighted by Crippen LogP contribution is 2.31. The third-order valence-electron chi connectivity index (χ3n) is 4.04. The fourth-order valence-corrected chi connectivity index (χ4v) is 2.74. The SMILES string of the molecule is C#Cc1cccc(N(C)C(=O)CC2(O)CCCCC2)c1. The summed E-state index contributed by atoms with van der Waals surface area (Å²) in [6.45, 7) is 0. The van der Waals surface area contributed by atoms with E-state index < -0.39 is 5.60 Å². The smallest absolute Gasteiger partial charge is 0.229 e. The maximum atomic E-state index is 12.3. The summed E-state index contributed by atoms with van der Waals surface area (Å²) >= 11 is 0. The molecular formula is C17H21NO2. The van der Waals surface area contributed by atoms with E-state index in [9.17, 15) is 9.90 Å². The second-order valence-electron chi connectivity index (χ2n) is 5.61. The summed E-state index contributed by atoms with van der Waals surface area (Å²) in [6, 6.07) is 7.33. The summed E-state index contributed by atoms with van der Waals surface area (Å²) in [4.78, 5) is 13.9. The molecule has 0 unspecified atom stereocenters. The topological polar surface area (TPSA) is 40.5 Å². The van der Waals surface area contributed by atoms with Crippen LogP contribution in [0.15, 0.2) is 24.3 Å². The number of terminal acetylenes is 1. The molecule has 0 spiro atoms. The second kappa shape index (κ2) is 6.11. The Morgan fingerprint density at radius 2 is 2.10 bits per heavy atom. The van der Waals surface area contributed by atoms with Crippen molar-refractivity contribution in [2.75, 3.05) is 11.9 Å². The van der Waals surface area contributed by atoms with Gasteiger partial charge in [-0.25, -0.2) is 0 Å². The molecule has 0 radical (unpaired) electrons. The first-order valence-corrected chi connectivity index (χ1v) is 7.10. The Labute approximate surface area is 120 Å². The third kappa shape index (κ3) is 3.40. The monoisotopic (exact) mass is 271 g/mol. The molecule has 0 atom stereocenters. The first-order chi connectivity index (χ1) is 9.54. The van der Waals surface area contributed by atoms with E-state index in [4.69, 9.17) is 6.42 Å². The van der Waals surface area contributed by atoms with E-state index in [0.29, 0.717) is 0 Å². The van der Waals surface area contributed by atoms with Gasteiger partial charge in [0.05, 0.1) is 12.0 Å². The lowest BCUT2D eigenvalue weighted by atomic mass is 9.82. The van der Waals surface area contributed by atoms with Crippen LogP contribution in [-0.2, 0) is 4.79 Å². The van der Waals surface area contributed by atoms with Crippen molar-refractivity contribution in [2.45, 2.75) is 44.1 Å². The standard InChI is InChI=1S/C17H21NO2/c1-3-14-8-7-9-15(12-14)18(2)16(19)13-17(20)10-5-4-6-11-17/h1,7-9,12,20H,4-6,10-11,13H2,2H3. The molecule has 1 N–H and O–H groups in total. The highest BCUT2D eigenvalue weighted by Gasteiger charge is 2.32. The zero-order valence-electron chi connectivity index (χ0n) is 11.9. The van der Waals surface area contributed by atoms with Gasteiger partial charge < -0.3 is 10.0 Å². The lowest BCUT2D eigenvalue weighted by Crippen LogP contribution is -2.39. The van der Waals surface area contributed by atoms with Crippen molar-refractivity contribution in [3.05, 3.63) is 29.8 Å². The van der Waals surface area contributed by atoms with Crippen LogP contribution in [0.1, 0.15) is 44.1 Å². The molecule has 1 fully saturated rings. The number of hydrogen-bond acceptors (Lipinski definition) is 2. The number of aliphatic hydroxyl groups is 1. The molecule has 106 valence electrons. The number of nitrogens with zero attached hydrogens (tertiary/aromatic N) is 1. The fraction of sp³-hybridized carbons (Fsp3) is 0.471. The fourth-order valence-electron chi connectivity index (χ4n) is 2.74. The number of benzene rings is 1. The molecule has 1 aliphatic rings. The van der Waals surface area contributed by atoms with Crippen molar-refractivity contribution in [3.8, 4) is 12.3 Å². The predicted molar refractivity (Wildman–Crippen MR) is 80.4 cm³/mol. The van der Waals surface area contributed by atoms with E-state index in [-0.39, 0.29) is 12.3 Å². The van der Waals surface area contributed by atoms with Gasteiger partial charge >= 0.3 is 0 Å². The van der Waals surface area contributed by atoms with Crippen molar-refractivity contribution in [2.24, 2.45) is 0 Å². The number of hydrogen-bond donors (Lipinski definition) is 1. The van der Waals surface area contributed by atoms with Gasteiger partial charge in [-0.3, -0.25) is 4.79 Å². The largest absolute Gasteiger partial charge is 0.389 e. The predicted octanol–water partition coefficient (Wildman–Crippen LogP) is 2.72. The lowest BCUT2D eigenvalue weighted by Gasteiger charge is -2.32. The van der Waals surface area contributed by atoms with Gasteiger partial charge in [0.2, 0.25) is 5.91 Å². The minimum absolute atomic E-state index is 0.0661. The Morgan fingerprint density at radius 1 is 1.40 bits per heavy atom. The molecule has 1 aromatic carbocycles. The first kappa shape index (κ1) is 14.6.